The topological polar surface area (TPSA) is 75.3 Å². The fraction of sp³-hybridized carbons (Fsp3) is 0.889. The first kappa shape index (κ1) is 14.2. The van der Waals surface area contributed by atoms with E-state index in [1.807, 2.05) is 20.8 Å². The molecule has 0 aliphatic heterocycles. The van der Waals surface area contributed by atoms with Crippen LogP contribution in [0, 0.1) is 0 Å². The Morgan fingerprint density at radius 2 is 1.80 bits per heavy atom. The molecule has 0 saturated heterocycles. The molecule has 0 aliphatic rings. The third-order valence-corrected chi connectivity index (χ3v) is 3.33. The standard InChI is InChI=1S/C9H20N2O3S/c1-5-15(13,14)7-6-10-8(12)11-9(2,3)4/h5-7H2,1-4H3,(H2,10,11,12). The van der Waals surface area contributed by atoms with Gasteiger partial charge in [0.1, 0.15) is 0 Å². The molecule has 0 spiro atoms. The Balaban J connectivity index is 3.84. The highest BCUT2D eigenvalue weighted by molar-refractivity contribution is 7.91. The highest BCUT2D eigenvalue weighted by Gasteiger charge is 2.14. The van der Waals surface area contributed by atoms with Gasteiger partial charge in [-0.2, -0.15) is 0 Å². The lowest BCUT2D eigenvalue weighted by Crippen LogP contribution is -2.47. The van der Waals surface area contributed by atoms with E-state index in [1.165, 1.54) is 0 Å². The van der Waals surface area contributed by atoms with Crippen molar-refractivity contribution in [2.45, 2.75) is 33.2 Å². The first-order chi connectivity index (χ1) is 6.66. The van der Waals surface area contributed by atoms with Crippen LogP contribution in [-0.2, 0) is 9.84 Å². The first-order valence-corrected chi connectivity index (χ1v) is 6.75. The maximum atomic E-state index is 11.2. The van der Waals surface area contributed by atoms with E-state index in [1.54, 1.807) is 6.92 Å². The molecule has 0 rings (SSSR count). The number of hydrogen-bond donors (Lipinski definition) is 2. The van der Waals surface area contributed by atoms with Gasteiger partial charge in [-0.15, -0.1) is 0 Å². The SMILES string of the molecule is CCS(=O)(=O)CCNC(=O)NC(C)(C)C. The molecule has 0 radical (unpaired) electrons. The normalized spacial score (nSPS) is 12.3. The van der Waals surface area contributed by atoms with Crippen LogP contribution in [0.4, 0.5) is 4.79 Å². The van der Waals surface area contributed by atoms with Crippen LogP contribution < -0.4 is 10.6 Å². The predicted octanol–water partition coefficient (Wildman–Crippen LogP) is 0.519. The molecule has 2 N–H and O–H groups in total. The highest BCUT2D eigenvalue weighted by atomic mass is 32.2. The molecule has 15 heavy (non-hydrogen) atoms. The molecule has 2 amide bonds. The van der Waals surface area contributed by atoms with Gasteiger partial charge in [-0.3, -0.25) is 0 Å². The van der Waals surface area contributed by atoms with E-state index in [0.717, 1.165) is 0 Å². The number of amides is 2. The lowest BCUT2D eigenvalue weighted by molar-refractivity contribution is 0.232. The van der Waals surface area contributed by atoms with Crippen LogP contribution in [0.5, 0.6) is 0 Å². The van der Waals surface area contributed by atoms with Gasteiger partial charge in [-0.05, 0) is 20.8 Å². The monoisotopic (exact) mass is 236 g/mol. The summed E-state index contributed by atoms with van der Waals surface area (Å²) in [6.07, 6.45) is 0. The molecule has 0 unspecified atom stereocenters. The Labute approximate surface area is 91.5 Å². The summed E-state index contributed by atoms with van der Waals surface area (Å²) >= 11 is 0. The molecule has 0 fully saturated rings. The van der Waals surface area contributed by atoms with Crippen LogP contribution in [0.3, 0.4) is 0 Å². The highest BCUT2D eigenvalue weighted by Crippen LogP contribution is 1.97. The Morgan fingerprint density at radius 1 is 1.27 bits per heavy atom. The van der Waals surface area contributed by atoms with Crippen LogP contribution in [0.15, 0.2) is 0 Å². The summed E-state index contributed by atoms with van der Waals surface area (Å²) in [6.45, 7) is 7.31. The molecule has 0 aromatic carbocycles. The zero-order valence-electron chi connectivity index (χ0n) is 9.75. The molecule has 0 bridgehead atoms. The van der Waals surface area contributed by atoms with E-state index < -0.39 is 9.84 Å². The third kappa shape index (κ3) is 8.23. The number of nitrogens with one attached hydrogen (secondary N) is 2. The molecule has 0 heterocycles. The van der Waals surface area contributed by atoms with Crippen LogP contribution in [-0.4, -0.2) is 38.0 Å². The summed E-state index contributed by atoms with van der Waals surface area (Å²) in [5.41, 5.74) is -0.312. The lowest BCUT2D eigenvalue weighted by atomic mass is 10.1. The maximum absolute atomic E-state index is 11.2. The largest absolute Gasteiger partial charge is 0.337 e. The van der Waals surface area contributed by atoms with Crippen LogP contribution in [0.25, 0.3) is 0 Å². The number of rotatable bonds is 4. The molecular formula is C9H20N2O3S. The Hall–Kier alpha value is -0.780. The van der Waals surface area contributed by atoms with Gasteiger partial charge in [0, 0.05) is 17.8 Å². The van der Waals surface area contributed by atoms with E-state index in [9.17, 15) is 13.2 Å². The van der Waals surface area contributed by atoms with Gasteiger partial charge >= 0.3 is 6.03 Å². The van der Waals surface area contributed by atoms with Crippen LogP contribution in [0.2, 0.25) is 0 Å². The fourth-order valence-electron chi connectivity index (χ4n) is 0.849. The number of carbonyl (C=O) groups excluding carboxylic acids is 1. The molecule has 90 valence electrons. The molecule has 0 aromatic heterocycles. The zero-order valence-corrected chi connectivity index (χ0v) is 10.6. The quantitative estimate of drug-likeness (QED) is 0.747. The van der Waals surface area contributed by atoms with Gasteiger partial charge in [0.05, 0.1) is 5.75 Å². The fourth-order valence-corrected chi connectivity index (χ4v) is 1.55. The van der Waals surface area contributed by atoms with Crippen LogP contribution in [0.1, 0.15) is 27.7 Å². The van der Waals surface area contributed by atoms with Crippen molar-refractivity contribution in [1.82, 2.24) is 10.6 Å². The maximum Gasteiger partial charge on any atom is 0.315 e. The minimum atomic E-state index is -3.00. The van der Waals surface area contributed by atoms with Gasteiger partial charge in [0.2, 0.25) is 0 Å². The molecule has 6 heteroatoms. The van der Waals surface area contributed by atoms with Gasteiger partial charge in [-0.25, -0.2) is 13.2 Å². The van der Waals surface area contributed by atoms with Gasteiger partial charge < -0.3 is 10.6 Å². The summed E-state index contributed by atoms with van der Waals surface area (Å²) in [5, 5.41) is 5.18. The first-order valence-electron chi connectivity index (χ1n) is 4.93. The van der Waals surface area contributed by atoms with Crippen LogP contribution >= 0.6 is 0 Å². The Morgan fingerprint density at radius 3 is 2.20 bits per heavy atom. The third-order valence-electron chi connectivity index (χ3n) is 1.63. The van der Waals surface area contributed by atoms with Gasteiger partial charge in [-0.1, -0.05) is 6.92 Å². The van der Waals surface area contributed by atoms with E-state index in [-0.39, 0.29) is 29.6 Å². The predicted molar refractivity (Wildman–Crippen MR) is 60.6 cm³/mol. The Bertz CT molecular complexity index is 304. The molecule has 0 atom stereocenters. The lowest BCUT2D eigenvalue weighted by Gasteiger charge is -2.20. The molecule has 5 nitrogen and oxygen atoms in total. The average molecular weight is 236 g/mol. The number of carbonyl (C=O) groups is 1. The van der Waals surface area contributed by atoms with Crippen molar-refractivity contribution in [1.29, 1.82) is 0 Å². The van der Waals surface area contributed by atoms with E-state index in [4.69, 9.17) is 0 Å². The zero-order chi connectivity index (χ0) is 12.1. The van der Waals surface area contributed by atoms with Crippen molar-refractivity contribution in [3.05, 3.63) is 0 Å². The van der Waals surface area contributed by atoms with E-state index in [2.05, 4.69) is 10.6 Å². The summed E-state index contributed by atoms with van der Waals surface area (Å²) in [6, 6.07) is -0.339. The smallest absolute Gasteiger partial charge is 0.315 e. The number of sulfone groups is 1. The molecule has 0 aromatic rings. The second-order valence-corrected chi connectivity index (χ2v) is 6.84. The van der Waals surface area contributed by atoms with Crippen molar-refractivity contribution >= 4 is 15.9 Å². The summed E-state index contributed by atoms with van der Waals surface area (Å²) in [4.78, 5) is 11.2. The molecule has 0 saturated carbocycles. The molecular weight excluding hydrogens is 216 g/mol. The van der Waals surface area contributed by atoms with Crippen molar-refractivity contribution in [2.75, 3.05) is 18.1 Å². The van der Waals surface area contributed by atoms with Gasteiger partial charge in [0.25, 0.3) is 0 Å². The average Bonchev–Trinajstić information content (AvgIpc) is 2.00. The van der Waals surface area contributed by atoms with E-state index >= 15 is 0 Å². The summed E-state index contributed by atoms with van der Waals surface area (Å²) < 4.78 is 22.2. The second kappa shape index (κ2) is 5.34. The number of hydrogen-bond acceptors (Lipinski definition) is 3. The van der Waals surface area contributed by atoms with Crippen molar-refractivity contribution in [2.24, 2.45) is 0 Å². The number of urea groups is 1. The second-order valence-electron chi connectivity index (χ2n) is 4.37. The minimum absolute atomic E-state index is 0.0128. The summed E-state index contributed by atoms with van der Waals surface area (Å²) in [5.74, 6) is 0.0939. The van der Waals surface area contributed by atoms with Crippen molar-refractivity contribution in [3.8, 4) is 0 Å². The van der Waals surface area contributed by atoms with Gasteiger partial charge in [0.15, 0.2) is 9.84 Å². The van der Waals surface area contributed by atoms with E-state index in [0.29, 0.717) is 0 Å². The van der Waals surface area contributed by atoms with Crippen molar-refractivity contribution in [3.63, 3.8) is 0 Å². The Kier molecular flexibility index (Phi) is 5.07. The van der Waals surface area contributed by atoms with Crippen molar-refractivity contribution < 1.29 is 13.2 Å². The minimum Gasteiger partial charge on any atom is -0.337 e. The summed E-state index contributed by atoms with van der Waals surface area (Å²) in [7, 11) is -3.00. The molecule has 0 aliphatic carbocycles.